The number of aliphatic carboxylic acids is 2. The molecule has 0 radical (unpaired) electrons. The van der Waals surface area contributed by atoms with Gasteiger partial charge in [-0.3, -0.25) is 0 Å². The first kappa shape index (κ1) is 36.4. The fourth-order valence-corrected chi connectivity index (χ4v) is 3.62. The van der Waals surface area contributed by atoms with Gasteiger partial charge < -0.3 is 30.4 Å². The van der Waals surface area contributed by atoms with E-state index in [1.54, 1.807) is 0 Å². The number of alkyl halides is 6. The molecule has 0 amide bonds. The molecule has 2 fully saturated rings. The standard InChI is InChI=1S/2C8H20N3.2C2HF3O2/c2*1-4-11(10(2)3)7-5-9-6-8-11;2*3-2(4,5)1(6)7/h2*9H,4-8H2,1-3H3;2*(H,6,7)/q2*+1;;/p-2. The lowest BCUT2D eigenvalue weighted by Gasteiger charge is -2.44. The van der Waals surface area contributed by atoms with Gasteiger partial charge in [0.05, 0.1) is 13.1 Å². The van der Waals surface area contributed by atoms with E-state index in [1.165, 1.54) is 39.3 Å². The Kier molecular flexibility index (Phi) is 16.4. The third-order valence-corrected chi connectivity index (χ3v) is 6.16. The lowest BCUT2D eigenvalue weighted by Crippen LogP contribution is -2.64. The Hall–Kier alpha value is -1.72. The number of carbonyl (C=O) groups is 2. The molecule has 2 aliphatic rings. The lowest BCUT2D eigenvalue weighted by atomic mass is 10.3. The van der Waals surface area contributed by atoms with Crippen LogP contribution in [0.15, 0.2) is 0 Å². The minimum atomic E-state index is -5.19. The number of piperazine rings is 2. The molecule has 0 aromatic carbocycles. The van der Waals surface area contributed by atoms with Crippen LogP contribution in [0.3, 0.4) is 0 Å². The molecule has 10 nitrogen and oxygen atoms in total. The van der Waals surface area contributed by atoms with Gasteiger partial charge in [-0.2, -0.15) is 36.4 Å². The maximum absolute atomic E-state index is 10.5. The average Bonchev–Trinajstić information content (AvgIpc) is 2.79. The van der Waals surface area contributed by atoms with Gasteiger partial charge in [0, 0.05) is 54.4 Å². The zero-order chi connectivity index (χ0) is 28.8. The van der Waals surface area contributed by atoms with Gasteiger partial charge in [-0.25, -0.2) is 9.18 Å². The molecule has 0 bridgehead atoms. The molecule has 216 valence electrons. The molecule has 2 aliphatic heterocycles. The monoisotopic (exact) mass is 542 g/mol. The van der Waals surface area contributed by atoms with Crippen molar-refractivity contribution < 1.29 is 55.3 Å². The largest absolute Gasteiger partial charge is 0.542 e. The highest BCUT2D eigenvalue weighted by molar-refractivity contribution is 5.71. The summed E-state index contributed by atoms with van der Waals surface area (Å²) in [7, 11) is 8.70. The Morgan fingerprint density at radius 1 is 0.667 bits per heavy atom. The van der Waals surface area contributed by atoms with E-state index < -0.39 is 24.3 Å². The van der Waals surface area contributed by atoms with E-state index in [-0.39, 0.29) is 0 Å². The fourth-order valence-electron chi connectivity index (χ4n) is 3.62. The van der Waals surface area contributed by atoms with Crippen molar-refractivity contribution >= 4 is 11.9 Å². The van der Waals surface area contributed by atoms with Gasteiger partial charge in [-0.15, -0.1) is 0 Å². The second-order valence-electron chi connectivity index (χ2n) is 8.48. The van der Waals surface area contributed by atoms with Crippen LogP contribution in [0.2, 0.25) is 0 Å². The maximum Gasteiger partial charge on any atom is 0.430 e. The quantitative estimate of drug-likeness (QED) is 0.323. The van der Waals surface area contributed by atoms with Crippen molar-refractivity contribution in [3.05, 3.63) is 0 Å². The van der Waals surface area contributed by atoms with Crippen LogP contribution in [0.25, 0.3) is 0 Å². The molecule has 0 saturated carbocycles. The van der Waals surface area contributed by atoms with Crippen LogP contribution in [0.4, 0.5) is 26.3 Å². The molecule has 2 saturated heterocycles. The van der Waals surface area contributed by atoms with Crippen molar-refractivity contribution in [2.24, 2.45) is 0 Å². The van der Waals surface area contributed by atoms with Crippen molar-refractivity contribution in [3.63, 3.8) is 0 Å². The number of nitrogens with zero attached hydrogens (tertiary/aromatic N) is 4. The van der Waals surface area contributed by atoms with Crippen molar-refractivity contribution in [1.29, 1.82) is 0 Å². The summed E-state index contributed by atoms with van der Waals surface area (Å²) in [6.07, 6.45) is -10.4. The molecule has 36 heavy (non-hydrogen) atoms. The summed E-state index contributed by atoms with van der Waals surface area (Å²) >= 11 is 0. The number of carboxylic acids is 2. The number of halogens is 6. The highest BCUT2D eigenvalue weighted by Crippen LogP contribution is 2.12. The predicted octanol–water partition coefficient (Wildman–Crippen LogP) is -1.60. The van der Waals surface area contributed by atoms with Gasteiger partial charge in [0.1, 0.15) is 38.1 Å². The summed E-state index contributed by atoms with van der Waals surface area (Å²) < 4.78 is 65.4. The Morgan fingerprint density at radius 3 is 0.944 bits per heavy atom. The number of hydrogen-bond donors (Lipinski definition) is 2. The Bertz CT molecular complexity index is 581. The topological polar surface area (TPSA) is 111 Å². The average molecular weight is 543 g/mol. The number of carboxylic acid groups (broad SMARTS) is 2. The van der Waals surface area contributed by atoms with Gasteiger partial charge in [0.25, 0.3) is 0 Å². The summed E-state index contributed by atoms with van der Waals surface area (Å²) in [5, 5.41) is 29.0. The van der Waals surface area contributed by atoms with Crippen LogP contribution in [0.5, 0.6) is 0 Å². The second kappa shape index (κ2) is 16.2. The number of carbonyl (C=O) groups excluding carboxylic acids is 2. The first-order chi connectivity index (χ1) is 16.3. The number of hydrogen-bond acceptors (Lipinski definition) is 8. The van der Waals surface area contributed by atoms with Crippen LogP contribution in [0, 0.1) is 0 Å². The maximum atomic E-state index is 10.5. The Balaban J connectivity index is 0. The molecule has 0 atom stereocenters. The molecular weight excluding hydrogens is 502 g/mol. The molecule has 0 unspecified atom stereocenters. The van der Waals surface area contributed by atoms with Crippen molar-refractivity contribution in [2.75, 3.05) is 93.6 Å². The van der Waals surface area contributed by atoms with E-state index in [2.05, 4.69) is 62.7 Å². The summed E-state index contributed by atoms with van der Waals surface area (Å²) in [5.74, 6) is -6.01. The third-order valence-electron chi connectivity index (χ3n) is 6.16. The highest BCUT2D eigenvalue weighted by Gasteiger charge is 2.31. The minimum Gasteiger partial charge on any atom is -0.542 e. The van der Waals surface area contributed by atoms with Gasteiger partial charge in [-0.1, -0.05) is 0 Å². The van der Waals surface area contributed by atoms with E-state index in [9.17, 15) is 26.3 Å². The smallest absolute Gasteiger partial charge is 0.430 e. The number of nitrogens with one attached hydrogen (secondary N) is 2. The molecule has 0 aliphatic carbocycles. The van der Waals surface area contributed by atoms with Crippen molar-refractivity contribution in [3.8, 4) is 0 Å². The SMILES string of the molecule is CC[N+]1(N(C)C)CCNCC1.CC[N+]1(N(C)C)CCNCC1.O=C([O-])C(F)(F)F.O=C([O-])C(F)(F)F. The van der Waals surface area contributed by atoms with Crippen LogP contribution in [-0.2, 0) is 9.59 Å². The Morgan fingerprint density at radius 2 is 0.861 bits per heavy atom. The van der Waals surface area contributed by atoms with Gasteiger partial charge in [-0.05, 0) is 13.8 Å². The van der Waals surface area contributed by atoms with Gasteiger partial charge in [0.15, 0.2) is 0 Å². The second-order valence-corrected chi connectivity index (χ2v) is 8.48. The highest BCUT2D eigenvalue weighted by atomic mass is 19.4. The van der Waals surface area contributed by atoms with Crippen molar-refractivity contribution in [2.45, 2.75) is 26.2 Å². The van der Waals surface area contributed by atoms with E-state index in [0.29, 0.717) is 0 Å². The van der Waals surface area contributed by atoms with E-state index >= 15 is 0 Å². The molecule has 0 spiro atoms. The van der Waals surface area contributed by atoms with Gasteiger partial charge in [0.2, 0.25) is 0 Å². The van der Waals surface area contributed by atoms with Crippen LogP contribution in [-0.4, -0.2) is 137 Å². The molecule has 16 heteroatoms. The molecule has 0 aromatic rings. The normalized spacial score (nSPS) is 19.1. The van der Waals surface area contributed by atoms with E-state index in [0.717, 1.165) is 35.4 Å². The predicted molar refractivity (Wildman–Crippen MR) is 116 cm³/mol. The first-order valence-corrected chi connectivity index (χ1v) is 11.4. The third kappa shape index (κ3) is 13.5. The number of likely N-dealkylation sites (N-methyl/N-ethyl adjacent to an activating group) is 2. The zero-order valence-corrected chi connectivity index (χ0v) is 21.8. The van der Waals surface area contributed by atoms with Crippen molar-refractivity contribution in [1.82, 2.24) is 20.7 Å². The molecular formula is C20H40F6N6O4. The molecule has 2 N–H and O–H groups in total. The Labute approximate surface area is 208 Å². The summed E-state index contributed by atoms with van der Waals surface area (Å²) in [5.41, 5.74) is 0. The van der Waals surface area contributed by atoms with Gasteiger partial charge >= 0.3 is 12.4 Å². The van der Waals surface area contributed by atoms with E-state index in [4.69, 9.17) is 19.8 Å². The summed E-state index contributed by atoms with van der Waals surface area (Å²) in [6.45, 7) is 16.6. The number of rotatable bonds is 4. The van der Waals surface area contributed by atoms with Crippen LogP contribution >= 0.6 is 0 Å². The zero-order valence-electron chi connectivity index (χ0n) is 21.8. The number of quaternary nitrogens is 2. The summed E-state index contributed by atoms with van der Waals surface area (Å²) in [4.78, 5) is 17.6. The molecule has 2 heterocycles. The molecule has 0 aromatic heterocycles. The van der Waals surface area contributed by atoms with Crippen LogP contribution in [0.1, 0.15) is 13.8 Å². The minimum absolute atomic E-state index is 1.15. The fraction of sp³-hybridized carbons (Fsp3) is 0.900. The first-order valence-electron chi connectivity index (χ1n) is 11.4. The van der Waals surface area contributed by atoms with E-state index in [1.807, 2.05) is 0 Å². The van der Waals surface area contributed by atoms with Crippen LogP contribution < -0.4 is 20.8 Å². The lowest BCUT2D eigenvalue weighted by molar-refractivity contribution is -1.03. The molecule has 2 rings (SSSR count). The summed E-state index contributed by atoms with van der Waals surface area (Å²) in [6, 6.07) is 0.